The first-order valence-electron chi connectivity index (χ1n) is 6.16. The molecular weight excluding hydrogens is 232 g/mol. The smallest absolute Gasteiger partial charge is 0.131 e. The molecule has 6 heteroatoms. The van der Waals surface area contributed by atoms with Crippen molar-refractivity contribution in [3.63, 3.8) is 0 Å². The Hall–Kier alpha value is -1.40. The molecule has 1 unspecified atom stereocenters. The van der Waals surface area contributed by atoms with Crippen LogP contribution in [-0.4, -0.2) is 48.0 Å². The van der Waals surface area contributed by atoms with Crippen molar-refractivity contribution in [3.8, 4) is 0 Å². The Morgan fingerprint density at radius 1 is 1.33 bits per heavy atom. The van der Waals surface area contributed by atoms with E-state index in [1.807, 2.05) is 13.0 Å². The van der Waals surface area contributed by atoms with Crippen LogP contribution in [0.25, 0.3) is 0 Å². The van der Waals surface area contributed by atoms with Crippen LogP contribution in [0.1, 0.15) is 19.2 Å². The molecule has 0 aromatic carbocycles. The Bertz CT molecular complexity index is 360. The van der Waals surface area contributed by atoms with Crippen molar-refractivity contribution in [1.82, 2.24) is 9.97 Å². The molecule has 1 aromatic heterocycles. The van der Waals surface area contributed by atoms with E-state index >= 15 is 0 Å². The van der Waals surface area contributed by atoms with E-state index in [9.17, 15) is 5.11 Å². The first-order chi connectivity index (χ1) is 8.65. The SMILES string of the molecule is CCCNc1cc(NCC(O)COC)nc(C)n1. The Kier molecular flexibility index (Phi) is 6.38. The Labute approximate surface area is 108 Å². The lowest BCUT2D eigenvalue weighted by molar-refractivity contribution is 0.0727. The number of methoxy groups -OCH3 is 1. The molecular formula is C12H22N4O2. The van der Waals surface area contributed by atoms with Gasteiger partial charge < -0.3 is 20.5 Å². The fourth-order valence-electron chi connectivity index (χ4n) is 1.48. The Morgan fingerprint density at radius 3 is 2.61 bits per heavy atom. The van der Waals surface area contributed by atoms with E-state index in [4.69, 9.17) is 4.74 Å². The Morgan fingerprint density at radius 2 is 2.00 bits per heavy atom. The van der Waals surface area contributed by atoms with Gasteiger partial charge in [0.25, 0.3) is 0 Å². The predicted molar refractivity (Wildman–Crippen MR) is 71.9 cm³/mol. The first kappa shape index (κ1) is 14.7. The normalized spacial score (nSPS) is 12.2. The highest BCUT2D eigenvalue weighted by Crippen LogP contribution is 2.11. The molecule has 0 fully saturated rings. The number of aromatic nitrogens is 2. The monoisotopic (exact) mass is 254 g/mol. The van der Waals surface area contributed by atoms with Crippen LogP contribution >= 0.6 is 0 Å². The van der Waals surface area contributed by atoms with E-state index in [-0.39, 0.29) is 0 Å². The van der Waals surface area contributed by atoms with Crippen molar-refractivity contribution in [2.24, 2.45) is 0 Å². The van der Waals surface area contributed by atoms with Crippen LogP contribution in [0.15, 0.2) is 6.07 Å². The van der Waals surface area contributed by atoms with Crippen LogP contribution in [-0.2, 0) is 4.74 Å². The topological polar surface area (TPSA) is 79.3 Å². The van der Waals surface area contributed by atoms with E-state index in [2.05, 4.69) is 27.5 Å². The molecule has 0 aliphatic heterocycles. The molecule has 0 aliphatic carbocycles. The summed E-state index contributed by atoms with van der Waals surface area (Å²) in [5, 5.41) is 15.8. The standard InChI is InChI=1S/C12H22N4O2/c1-4-5-13-11-6-12(16-9(2)15-11)14-7-10(17)8-18-3/h6,10,17H,4-5,7-8H2,1-3H3,(H2,13,14,15,16). The second-order valence-corrected chi connectivity index (χ2v) is 4.10. The number of hydrogen-bond donors (Lipinski definition) is 3. The second kappa shape index (κ2) is 7.84. The van der Waals surface area contributed by atoms with Gasteiger partial charge in [-0.05, 0) is 13.3 Å². The van der Waals surface area contributed by atoms with E-state index in [1.165, 1.54) is 0 Å². The minimum atomic E-state index is -0.544. The molecule has 0 bridgehead atoms. The fraction of sp³-hybridized carbons (Fsp3) is 0.667. The lowest BCUT2D eigenvalue weighted by Gasteiger charge is -2.12. The van der Waals surface area contributed by atoms with Gasteiger partial charge >= 0.3 is 0 Å². The first-order valence-corrected chi connectivity index (χ1v) is 6.16. The number of aliphatic hydroxyl groups is 1. The molecule has 0 radical (unpaired) electrons. The van der Waals surface area contributed by atoms with Gasteiger partial charge in [0.1, 0.15) is 17.5 Å². The molecule has 0 saturated heterocycles. The molecule has 0 amide bonds. The van der Waals surface area contributed by atoms with Crippen molar-refractivity contribution in [3.05, 3.63) is 11.9 Å². The predicted octanol–water partition coefficient (Wildman–Crippen LogP) is 1.03. The van der Waals surface area contributed by atoms with Crippen LogP contribution in [0.5, 0.6) is 0 Å². The van der Waals surface area contributed by atoms with Gasteiger partial charge in [-0.3, -0.25) is 0 Å². The average molecular weight is 254 g/mol. The summed E-state index contributed by atoms with van der Waals surface area (Å²) in [5.41, 5.74) is 0. The maximum atomic E-state index is 9.54. The molecule has 3 N–H and O–H groups in total. The van der Waals surface area contributed by atoms with Crippen molar-refractivity contribution < 1.29 is 9.84 Å². The van der Waals surface area contributed by atoms with Crippen LogP contribution in [0.2, 0.25) is 0 Å². The zero-order valence-corrected chi connectivity index (χ0v) is 11.2. The Balaban J connectivity index is 2.56. The molecule has 1 aromatic rings. The van der Waals surface area contributed by atoms with Crippen LogP contribution < -0.4 is 10.6 Å². The van der Waals surface area contributed by atoms with Gasteiger partial charge in [-0.25, -0.2) is 9.97 Å². The summed E-state index contributed by atoms with van der Waals surface area (Å²) in [6.07, 6.45) is 0.496. The van der Waals surface area contributed by atoms with E-state index in [0.717, 1.165) is 18.8 Å². The summed E-state index contributed by atoms with van der Waals surface area (Å²) in [6.45, 7) is 5.52. The zero-order valence-electron chi connectivity index (χ0n) is 11.2. The number of ether oxygens (including phenoxy) is 1. The highest BCUT2D eigenvalue weighted by Gasteiger charge is 2.05. The summed E-state index contributed by atoms with van der Waals surface area (Å²) in [7, 11) is 1.56. The summed E-state index contributed by atoms with van der Waals surface area (Å²) < 4.78 is 4.86. The van der Waals surface area contributed by atoms with Gasteiger partial charge in [0, 0.05) is 26.3 Å². The molecule has 18 heavy (non-hydrogen) atoms. The highest BCUT2D eigenvalue weighted by atomic mass is 16.5. The van der Waals surface area contributed by atoms with Gasteiger partial charge in [-0.15, -0.1) is 0 Å². The molecule has 0 saturated carbocycles. The van der Waals surface area contributed by atoms with Gasteiger partial charge in [0.2, 0.25) is 0 Å². The van der Waals surface area contributed by atoms with Gasteiger partial charge in [0.05, 0.1) is 12.7 Å². The third-order valence-corrected chi connectivity index (χ3v) is 2.27. The van der Waals surface area contributed by atoms with E-state index < -0.39 is 6.10 Å². The lowest BCUT2D eigenvalue weighted by atomic mass is 10.3. The maximum absolute atomic E-state index is 9.54. The third kappa shape index (κ3) is 5.29. The third-order valence-electron chi connectivity index (χ3n) is 2.27. The van der Waals surface area contributed by atoms with Crippen molar-refractivity contribution in [2.75, 3.05) is 37.4 Å². The number of anilines is 2. The number of aliphatic hydroxyl groups excluding tert-OH is 1. The second-order valence-electron chi connectivity index (χ2n) is 4.10. The van der Waals surface area contributed by atoms with Gasteiger partial charge in [-0.1, -0.05) is 6.92 Å². The molecule has 1 heterocycles. The minimum absolute atomic E-state index is 0.304. The lowest BCUT2D eigenvalue weighted by Crippen LogP contribution is -2.24. The van der Waals surface area contributed by atoms with Gasteiger partial charge in [0.15, 0.2) is 0 Å². The number of aryl methyl sites for hydroxylation is 1. The highest BCUT2D eigenvalue weighted by molar-refractivity contribution is 5.47. The summed E-state index contributed by atoms with van der Waals surface area (Å²) in [6, 6.07) is 1.84. The molecule has 102 valence electrons. The number of nitrogens with one attached hydrogen (secondary N) is 2. The van der Waals surface area contributed by atoms with Crippen LogP contribution in [0.4, 0.5) is 11.6 Å². The number of nitrogens with zero attached hydrogens (tertiary/aromatic N) is 2. The summed E-state index contributed by atoms with van der Waals surface area (Å²) >= 11 is 0. The van der Waals surface area contributed by atoms with Crippen LogP contribution in [0, 0.1) is 6.92 Å². The largest absolute Gasteiger partial charge is 0.389 e. The number of hydrogen-bond acceptors (Lipinski definition) is 6. The quantitative estimate of drug-likeness (QED) is 0.643. The van der Waals surface area contributed by atoms with E-state index in [0.29, 0.717) is 24.8 Å². The van der Waals surface area contributed by atoms with Crippen molar-refractivity contribution in [1.29, 1.82) is 0 Å². The summed E-state index contributed by atoms with van der Waals surface area (Å²) in [5.74, 6) is 2.20. The number of rotatable bonds is 8. The van der Waals surface area contributed by atoms with Crippen molar-refractivity contribution in [2.45, 2.75) is 26.4 Å². The van der Waals surface area contributed by atoms with Gasteiger partial charge in [-0.2, -0.15) is 0 Å². The average Bonchev–Trinajstić information content (AvgIpc) is 2.34. The summed E-state index contributed by atoms with van der Waals surface area (Å²) in [4.78, 5) is 8.55. The molecule has 0 spiro atoms. The van der Waals surface area contributed by atoms with Crippen molar-refractivity contribution >= 4 is 11.6 Å². The van der Waals surface area contributed by atoms with Crippen LogP contribution in [0.3, 0.4) is 0 Å². The minimum Gasteiger partial charge on any atom is -0.389 e. The molecule has 0 aliphatic rings. The fourth-order valence-corrected chi connectivity index (χ4v) is 1.48. The molecule has 1 rings (SSSR count). The zero-order chi connectivity index (χ0) is 13.4. The maximum Gasteiger partial charge on any atom is 0.131 e. The molecule has 6 nitrogen and oxygen atoms in total. The van der Waals surface area contributed by atoms with E-state index in [1.54, 1.807) is 7.11 Å². The molecule has 1 atom stereocenters.